The van der Waals surface area contributed by atoms with E-state index in [1.807, 2.05) is 32.9 Å². The lowest BCUT2D eigenvalue weighted by Gasteiger charge is -2.21. The minimum absolute atomic E-state index is 0.109. The van der Waals surface area contributed by atoms with E-state index in [-0.39, 0.29) is 11.1 Å². The van der Waals surface area contributed by atoms with Gasteiger partial charge in [0.15, 0.2) is 0 Å². The number of halogens is 3. The van der Waals surface area contributed by atoms with Crippen molar-refractivity contribution in [1.29, 1.82) is 0 Å². The number of nitrogens with one attached hydrogen (secondary N) is 1. The van der Waals surface area contributed by atoms with Gasteiger partial charge in [-0.05, 0) is 60.1 Å². The summed E-state index contributed by atoms with van der Waals surface area (Å²) in [5.41, 5.74) is 3.35. The van der Waals surface area contributed by atoms with Gasteiger partial charge in [0.25, 0.3) is 0 Å². The molecule has 1 aromatic carbocycles. The lowest BCUT2D eigenvalue weighted by molar-refractivity contribution is 0.558. The van der Waals surface area contributed by atoms with Crippen LogP contribution in [-0.2, 0) is 0 Å². The third-order valence-corrected chi connectivity index (χ3v) is 4.48. The van der Waals surface area contributed by atoms with Crippen molar-refractivity contribution in [2.45, 2.75) is 26.8 Å². The molecule has 1 unspecified atom stereocenters. The van der Waals surface area contributed by atoms with Gasteiger partial charge >= 0.3 is 0 Å². The summed E-state index contributed by atoms with van der Waals surface area (Å²) in [5, 5.41) is 3.42. The minimum Gasteiger partial charge on any atom is -0.306 e. The Kier molecular flexibility index (Phi) is 5.36. The van der Waals surface area contributed by atoms with E-state index < -0.39 is 5.82 Å². The molecule has 2 aromatic rings. The largest absolute Gasteiger partial charge is 0.306 e. The number of benzene rings is 1. The first-order chi connectivity index (χ1) is 9.93. The lowest BCUT2D eigenvalue weighted by atomic mass is 9.97. The van der Waals surface area contributed by atoms with Gasteiger partial charge in [-0.25, -0.2) is 4.39 Å². The van der Waals surface area contributed by atoms with Crippen LogP contribution in [-0.4, -0.2) is 11.5 Å². The van der Waals surface area contributed by atoms with Crippen LogP contribution in [0.4, 0.5) is 4.39 Å². The number of nitrogens with zero attached hydrogens (tertiary/aromatic N) is 1. The van der Waals surface area contributed by atoms with Gasteiger partial charge in [-0.3, -0.25) is 4.98 Å². The SMILES string of the molecule is CCNC(c1cc(C)nc(C)c1)c1ccc(Br)c(Cl)c1F. The van der Waals surface area contributed by atoms with Crippen molar-refractivity contribution in [3.63, 3.8) is 0 Å². The van der Waals surface area contributed by atoms with E-state index >= 15 is 0 Å². The molecule has 1 aromatic heterocycles. The molecule has 0 fully saturated rings. The first-order valence-corrected chi connectivity index (χ1v) is 7.93. The van der Waals surface area contributed by atoms with Gasteiger partial charge in [-0.1, -0.05) is 24.6 Å². The molecule has 1 atom stereocenters. The van der Waals surface area contributed by atoms with Crippen molar-refractivity contribution in [2.75, 3.05) is 6.54 Å². The van der Waals surface area contributed by atoms with Crippen LogP contribution in [0.5, 0.6) is 0 Å². The summed E-state index contributed by atoms with van der Waals surface area (Å²) in [4.78, 5) is 4.37. The van der Waals surface area contributed by atoms with E-state index in [1.54, 1.807) is 12.1 Å². The van der Waals surface area contributed by atoms with Crippen LogP contribution in [0.1, 0.15) is 35.5 Å². The average Bonchev–Trinajstić information content (AvgIpc) is 2.42. The van der Waals surface area contributed by atoms with E-state index in [2.05, 4.69) is 26.2 Å². The van der Waals surface area contributed by atoms with Crippen molar-refractivity contribution in [3.05, 3.63) is 62.1 Å². The van der Waals surface area contributed by atoms with Crippen molar-refractivity contribution in [2.24, 2.45) is 0 Å². The van der Waals surface area contributed by atoms with E-state index in [0.29, 0.717) is 10.0 Å². The Morgan fingerprint density at radius 1 is 1.29 bits per heavy atom. The summed E-state index contributed by atoms with van der Waals surface area (Å²) in [6.45, 7) is 6.58. The fourth-order valence-electron chi connectivity index (χ4n) is 2.41. The van der Waals surface area contributed by atoms with Crippen LogP contribution in [0.15, 0.2) is 28.7 Å². The maximum atomic E-state index is 14.5. The smallest absolute Gasteiger partial charge is 0.148 e. The monoisotopic (exact) mass is 370 g/mol. The zero-order valence-corrected chi connectivity index (χ0v) is 14.5. The Balaban J connectivity index is 2.56. The summed E-state index contributed by atoms with van der Waals surface area (Å²) < 4.78 is 15.1. The van der Waals surface area contributed by atoms with Crippen LogP contribution in [0.25, 0.3) is 0 Å². The van der Waals surface area contributed by atoms with Gasteiger partial charge < -0.3 is 5.32 Å². The van der Waals surface area contributed by atoms with Gasteiger partial charge in [-0.15, -0.1) is 0 Å². The number of aromatic nitrogens is 1. The molecule has 0 radical (unpaired) electrons. The van der Waals surface area contributed by atoms with Crippen LogP contribution in [0, 0.1) is 19.7 Å². The van der Waals surface area contributed by atoms with E-state index in [1.165, 1.54) is 0 Å². The molecule has 2 rings (SSSR count). The Labute approximate surface area is 137 Å². The quantitative estimate of drug-likeness (QED) is 0.769. The molecule has 21 heavy (non-hydrogen) atoms. The van der Waals surface area contributed by atoms with Crippen molar-refractivity contribution >= 4 is 27.5 Å². The molecule has 0 aliphatic heterocycles. The summed E-state index contributed by atoms with van der Waals surface area (Å²) in [5.74, 6) is -0.399. The molecule has 0 amide bonds. The fraction of sp³-hybridized carbons (Fsp3) is 0.312. The van der Waals surface area contributed by atoms with Gasteiger partial charge in [0.1, 0.15) is 5.82 Å². The predicted octanol–water partition coefficient (Wildman–Crippen LogP) is 4.95. The number of hydrogen-bond acceptors (Lipinski definition) is 2. The van der Waals surface area contributed by atoms with E-state index in [4.69, 9.17) is 11.6 Å². The van der Waals surface area contributed by atoms with Gasteiger partial charge in [-0.2, -0.15) is 0 Å². The normalized spacial score (nSPS) is 12.5. The molecular weight excluding hydrogens is 355 g/mol. The Morgan fingerprint density at radius 2 is 1.90 bits per heavy atom. The molecule has 0 aliphatic carbocycles. The molecule has 112 valence electrons. The Bertz CT molecular complexity index is 641. The van der Waals surface area contributed by atoms with E-state index in [0.717, 1.165) is 23.5 Å². The van der Waals surface area contributed by atoms with Gasteiger partial charge in [0.2, 0.25) is 0 Å². The first kappa shape index (κ1) is 16.4. The van der Waals surface area contributed by atoms with Crippen LogP contribution < -0.4 is 5.32 Å². The molecule has 0 saturated carbocycles. The van der Waals surface area contributed by atoms with Crippen molar-refractivity contribution in [1.82, 2.24) is 10.3 Å². The van der Waals surface area contributed by atoms with Crippen LogP contribution in [0.3, 0.4) is 0 Å². The summed E-state index contributed by atoms with van der Waals surface area (Å²) >= 11 is 9.26. The second-order valence-corrected chi connectivity index (χ2v) is 6.17. The topological polar surface area (TPSA) is 24.9 Å². The molecule has 1 heterocycles. The molecular formula is C16H17BrClFN2. The molecule has 0 spiro atoms. The third-order valence-electron chi connectivity index (χ3n) is 3.22. The third kappa shape index (κ3) is 3.62. The Morgan fingerprint density at radius 3 is 2.48 bits per heavy atom. The summed E-state index contributed by atoms with van der Waals surface area (Å²) in [6, 6.07) is 7.21. The lowest BCUT2D eigenvalue weighted by Crippen LogP contribution is -2.23. The highest BCUT2D eigenvalue weighted by Gasteiger charge is 2.20. The number of aryl methyl sites for hydroxylation is 2. The molecule has 2 nitrogen and oxygen atoms in total. The molecule has 0 bridgehead atoms. The average molecular weight is 372 g/mol. The van der Waals surface area contributed by atoms with Crippen molar-refractivity contribution < 1.29 is 4.39 Å². The molecule has 5 heteroatoms. The molecule has 0 aliphatic rings. The molecule has 0 saturated heterocycles. The summed E-state index contributed by atoms with van der Waals surface area (Å²) in [6.07, 6.45) is 0. The highest BCUT2D eigenvalue weighted by Crippen LogP contribution is 2.33. The molecule has 1 N–H and O–H groups in total. The van der Waals surface area contributed by atoms with Crippen molar-refractivity contribution in [3.8, 4) is 0 Å². The van der Waals surface area contributed by atoms with Crippen LogP contribution >= 0.6 is 27.5 Å². The highest BCUT2D eigenvalue weighted by atomic mass is 79.9. The summed E-state index contributed by atoms with van der Waals surface area (Å²) in [7, 11) is 0. The van der Waals surface area contributed by atoms with Gasteiger partial charge in [0.05, 0.1) is 11.1 Å². The second kappa shape index (κ2) is 6.86. The maximum Gasteiger partial charge on any atom is 0.148 e. The Hall–Kier alpha value is -0.970. The zero-order chi connectivity index (χ0) is 15.6. The number of pyridine rings is 1. The maximum absolute atomic E-state index is 14.5. The zero-order valence-electron chi connectivity index (χ0n) is 12.2. The fourth-order valence-corrected chi connectivity index (χ4v) is 2.89. The first-order valence-electron chi connectivity index (χ1n) is 6.76. The van der Waals surface area contributed by atoms with E-state index in [9.17, 15) is 4.39 Å². The standard InChI is InChI=1S/C16H17BrClFN2/c1-4-20-16(11-7-9(2)21-10(3)8-11)12-5-6-13(17)14(18)15(12)19/h5-8,16,20H,4H2,1-3H3. The highest BCUT2D eigenvalue weighted by molar-refractivity contribution is 9.10. The van der Waals surface area contributed by atoms with Gasteiger partial charge in [0, 0.05) is 21.4 Å². The predicted molar refractivity (Wildman–Crippen MR) is 88.3 cm³/mol. The number of rotatable bonds is 4. The number of hydrogen-bond donors (Lipinski definition) is 1. The minimum atomic E-state index is -0.399. The van der Waals surface area contributed by atoms with Crippen LogP contribution in [0.2, 0.25) is 5.02 Å². The second-order valence-electron chi connectivity index (χ2n) is 4.94.